The molecule has 11 nitrogen and oxygen atoms in total. The highest BCUT2D eigenvalue weighted by atomic mass is 16.5. The molecule has 0 spiro atoms. The predicted octanol–water partition coefficient (Wildman–Crippen LogP) is 3.56. The first-order valence-electron chi connectivity index (χ1n) is 14.7. The van der Waals surface area contributed by atoms with Gasteiger partial charge in [0.1, 0.15) is 29.0 Å². The topological polar surface area (TPSA) is 132 Å². The summed E-state index contributed by atoms with van der Waals surface area (Å²) >= 11 is 0. The number of carbonyl (C=O) groups is 3. The van der Waals surface area contributed by atoms with Crippen LogP contribution >= 0.6 is 0 Å². The number of amides is 3. The van der Waals surface area contributed by atoms with Gasteiger partial charge < -0.3 is 29.7 Å². The van der Waals surface area contributed by atoms with Crippen LogP contribution in [-0.4, -0.2) is 71.5 Å². The lowest BCUT2D eigenvalue weighted by Crippen LogP contribution is -2.58. The van der Waals surface area contributed by atoms with Gasteiger partial charge in [-0.25, -0.2) is 4.98 Å². The summed E-state index contributed by atoms with van der Waals surface area (Å²) in [5, 5.41) is 6.00. The Labute approximate surface area is 260 Å². The van der Waals surface area contributed by atoms with E-state index in [-0.39, 0.29) is 36.6 Å². The van der Waals surface area contributed by atoms with E-state index in [9.17, 15) is 14.4 Å². The molecule has 3 aliphatic heterocycles. The van der Waals surface area contributed by atoms with E-state index in [0.29, 0.717) is 53.6 Å². The Morgan fingerprint density at radius 1 is 0.978 bits per heavy atom. The molecule has 1 fully saturated rings. The van der Waals surface area contributed by atoms with Crippen LogP contribution in [0.25, 0.3) is 11.1 Å². The highest BCUT2D eigenvalue weighted by Crippen LogP contribution is 2.33. The fourth-order valence-electron chi connectivity index (χ4n) is 5.40. The lowest BCUT2D eigenvalue weighted by molar-refractivity contribution is -0.123. The number of aryl methyl sites for hydroxylation is 1. The minimum Gasteiger partial charge on any atom is -0.496 e. The number of aromatic nitrogens is 2. The second-order valence-electron chi connectivity index (χ2n) is 11.0. The van der Waals surface area contributed by atoms with Crippen molar-refractivity contribution in [1.82, 2.24) is 25.5 Å². The molecule has 2 atom stereocenters. The second kappa shape index (κ2) is 13.0. The SMILES string of the molecule is COc1ccc2cc1-c1cccc(c1)OCC(=O)NCc1ccc(cc1)O[C@@H]1CCN(C(=O)c3cnc(C)cn3)C[C@H]1NC2=O. The van der Waals surface area contributed by atoms with Gasteiger partial charge in [0.05, 0.1) is 25.0 Å². The average molecular weight is 608 g/mol. The van der Waals surface area contributed by atoms with Crippen molar-refractivity contribution in [2.24, 2.45) is 0 Å². The first-order valence-corrected chi connectivity index (χ1v) is 14.7. The normalized spacial score (nSPS) is 18.4. The fraction of sp³-hybridized carbons (Fsp3) is 0.265. The summed E-state index contributed by atoms with van der Waals surface area (Å²) in [6, 6.07) is 19.3. The highest BCUT2D eigenvalue weighted by molar-refractivity contribution is 5.97. The summed E-state index contributed by atoms with van der Waals surface area (Å²) in [4.78, 5) is 49.8. The molecule has 1 aromatic heterocycles. The predicted molar refractivity (Wildman–Crippen MR) is 165 cm³/mol. The van der Waals surface area contributed by atoms with Crippen LogP contribution in [0.15, 0.2) is 79.1 Å². The van der Waals surface area contributed by atoms with Gasteiger partial charge in [0, 0.05) is 43.4 Å². The second-order valence-corrected chi connectivity index (χ2v) is 11.0. The van der Waals surface area contributed by atoms with Crippen molar-refractivity contribution in [2.75, 3.05) is 26.8 Å². The van der Waals surface area contributed by atoms with Crippen LogP contribution in [0.5, 0.6) is 17.2 Å². The van der Waals surface area contributed by atoms with Crippen molar-refractivity contribution in [3.05, 3.63) is 102 Å². The van der Waals surface area contributed by atoms with Crippen molar-refractivity contribution < 1.29 is 28.6 Å². The molecule has 45 heavy (non-hydrogen) atoms. The Balaban J connectivity index is 1.33. The van der Waals surface area contributed by atoms with Crippen LogP contribution < -0.4 is 24.8 Å². The van der Waals surface area contributed by atoms with Gasteiger partial charge in [-0.2, -0.15) is 0 Å². The van der Waals surface area contributed by atoms with Gasteiger partial charge in [0.2, 0.25) is 0 Å². The molecule has 230 valence electrons. The van der Waals surface area contributed by atoms with Crippen LogP contribution in [0.1, 0.15) is 38.5 Å². The van der Waals surface area contributed by atoms with Crippen molar-refractivity contribution in [1.29, 1.82) is 0 Å². The Morgan fingerprint density at radius 2 is 1.82 bits per heavy atom. The van der Waals surface area contributed by atoms with E-state index in [1.165, 1.54) is 6.20 Å². The molecule has 2 N–H and O–H groups in total. The van der Waals surface area contributed by atoms with Gasteiger partial charge in [-0.1, -0.05) is 24.3 Å². The van der Waals surface area contributed by atoms with Gasteiger partial charge >= 0.3 is 0 Å². The Kier molecular flexibility index (Phi) is 8.58. The van der Waals surface area contributed by atoms with E-state index >= 15 is 0 Å². The highest BCUT2D eigenvalue weighted by Gasteiger charge is 2.35. The zero-order valence-electron chi connectivity index (χ0n) is 25.0. The van der Waals surface area contributed by atoms with E-state index in [1.54, 1.807) is 48.5 Å². The zero-order chi connectivity index (χ0) is 31.3. The van der Waals surface area contributed by atoms with Crippen molar-refractivity contribution >= 4 is 17.7 Å². The largest absolute Gasteiger partial charge is 0.496 e. The third-order valence-electron chi connectivity index (χ3n) is 7.83. The van der Waals surface area contributed by atoms with Gasteiger partial charge in [-0.05, 0) is 60.5 Å². The molecule has 0 unspecified atom stereocenters. The summed E-state index contributed by atoms with van der Waals surface area (Å²) in [7, 11) is 1.56. The van der Waals surface area contributed by atoms with E-state index in [2.05, 4.69) is 20.6 Å². The quantitative estimate of drug-likeness (QED) is 0.354. The number of piperidine rings is 1. The minimum absolute atomic E-state index is 0.149. The van der Waals surface area contributed by atoms with Gasteiger partial charge in [-0.3, -0.25) is 19.4 Å². The number of hydrogen-bond donors (Lipinski definition) is 2. The first kappa shape index (κ1) is 29.6. The summed E-state index contributed by atoms with van der Waals surface area (Å²) < 4.78 is 17.8. The van der Waals surface area contributed by atoms with Crippen LogP contribution in [0.2, 0.25) is 0 Å². The number of carbonyl (C=O) groups excluding carboxylic acids is 3. The smallest absolute Gasteiger partial charge is 0.274 e. The Bertz CT molecular complexity index is 1710. The molecule has 0 radical (unpaired) electrons. The summed E-state index contributed by atoms with van der Waals surface area (Å²) in [5.74, 6) is 0.844. The molecular weight excluding hydrogens is 574 g/mol. The molecule has 3 amide bonds. The Hall–Kier alpha value is -5.45. The average Bonchev–Trinajstić information content (AvgIpc) is 3.07. The molecule has 0 saturated carbocycles. The zero-order valence-corrected chi connectivity index (χ0v) is 25.0. The van der Waals surface area contributed by atoms with Crippen LogP contribution in [0, 0.1) is 6.92 Å². The number of likely N-dealkylation sites (tertiary alicyclic amines) is 1. The van der Waals surface area contributed by atoms with E-state index in [4.69, 9.17) is 14.2 Å². The minimum atomic E-state index is -0.527. The molecule has 1 saturated heterocycles. The van der Waals surface area contributed by atoms with Crippen molar-refractivity contribution in [2.45, 2.75) is 32.0 Å². The molecule has 3 aromatic carbocycles. The van der Waals surface area contributed by atoms with Crippen molar-refractivity contribution in [3.63, 3.8) is 0 Å². The number of rotatable bonds is 2. The number of benzene rings is 3. The number of nitrogens with one attached hydrogen (secondary N) is 2. The van der Waals surface area contributed by atoms with Gasteiger partial charge in [0.25, 0.3) is 17.7 Å². The third-order valence-corrected chi connectivity index (χ3v) is 7.83. The summed E-state index contributed by atoms with van der Waals surface area (Å²) in [6.07, 6.45) is 3.10. The molecular formula is C34H33N5O6. The van der Waals surface area contributed by atoms with Crippen LogP contribution in [0.4, 0.5) is 0 Å². The maximum absolute atomic E-state index is 13.8. The van der Waals surface area contributed by atoms with Gasteiger partial charge in [-0.15, -0.1) is 0 Å². The lowest BCUT2D eigenvalue weighted by atomic mass is 9.99. The number of ether oxygens (including phenoxy) is 3. The number of fused-ring (bicyclic) bond motifs is 7. The molecule has 11 heteroatoms. The van der Waals surface area contributed by atoms with Crippen LogP contribution in [0.3, 0.4) is 0 Å². The molecule has 7 rings (SSSR count). The first-order chi connectivity index (χ1) is 21.9. The maximum Gasteiger partial charge on any atom is 0.274 e. The monoisotopic (exact) mass is 607 g/mol. The van der Waals surface area contributed by atoms with Crippen LogP contribution in [-0.2, 0) is 11.3 Å². The Morgan fingerprint density at radius 3 is 2.60 bits per heavy atom. The van der Waals surface area contributed by atoms with Gasteiger partial charge in [0.15, 0.2) is 6.61 Å². The molecule has 3 aliphatic rings. The molecule has 6 bridgehead atoms. The molecule has 0 aliphatic carbocycles. The summed E-state index contributed by atoms with van der Waals surface area (Å²) in [6.45, 7) is 2.62. The van der Waals surface area contributed by atoms with E-state index in [1.807, 2.05) is 43.3 Å². The number of hydrogen-bond acceptors (Lipinski definition) is 8. The third kappa shape index (κ3) is 6.87. The summed E-state index contributed by atoms with van der Waals surface area (Å²) in [5.41, 5.74) is 3.69. The standard InChI is InChI=1S/C34H33N5O6/c1-21-16-36-28(18-35-21)34(42)39-13-12-31-29(19-39)38-33(41)24-8-11-30(43-2)27(15-24)23-4-3-5-26(14-23)44-20-32(40)37-17-22-6-9-25(45-31)10-7-22/h3-11,14-16,18,29,31H,12-13,17,19-20H2,1-2H3,(H,37,40)(H,38,41)/t29-,31-/m1/s1. The van der Waals surface area contributed by atoms with E-state index < -0.39 is 12.1 Å². The number of nitrogens with zero attached hydrogens (tertiary/aromatic N) is 3. The fourth-order valence-corrected chi connectivity index (χ4v) is 5.40. The number of methoxy groups -OCH3 is 1. The maximum atomic E-state index is 13.8. The lowest BCUT2D eigenvalue weighted by Gasteiger charge is -2.38. The molecule has 4 heterocycles. The van der Waals surface area contributed by atoms with Crippen molar-refractivity contribution in [3.8, 4) is 28.4 Å². The van der Waals surface area contributed by atoms with E-state index in [0.717, 1.165) is 11.1 Å². The molecule has 4 aromatic rings.